The van der Waals surface area contributed by atoms with E-state index >= 15 is 0 Å². The van der Waals surface area contributed by atoms with Crippen molar-refractivity contribution in [3.05, 3.63) is 69.9 Å². The van der Waals surface area contributed by atoms with Gasteiger partial charge in [0.05, 0.1) is 18.4 Å². The molecule has 0 aliphatic carbocycles. The van der Waals surface area contributed by atoms with Crippen molar-refractivity contribution in [1.82, 2.24) is 10.3 Å². The molecule has 3 aromatic rings. The van der Waals surface area contributed by atoms with Gasteiger partial charge in [-0.2, -0.15) is 0 Å². The molecule has 7 heteroatoms. The van der Waals surface area contributed by atoms with Gasteiger partial charge in [-0.05, 0) is 42.7 Å². The van der Waals surface area contributed by atoms with Crippen molar-refractivity contribution in [2.45, 2.75) is 17.7 Å². The van der Waals surface area contributed by atoms with Crippen LogP contribution < -0.4 is 5.32 Å². The van der Waals surface area contributed by atoms with Crippen molar-refractivity contribution in [1.29, 1.82) is 0 Å². The number of aromatic nitrogens is 1. The number of furan rings is 1. The summed E-state index contributed by atoms with van der Waals surface area (Å²) in [4.78, 5) is 18.2. The van der Waals surface area contributed by atoms with E-state index in [-0.39, 0.29) is 5.91 Å². The normalized spacial score (nSPS) is 12.1. The number of thioether (sulfide) groups is 1. The predicted molar refractivity (Wildman–Crippen MR) is 94.3 cm³/mol. The fourth-order valence-electron chi connectivity index (χ4n) is 2.21. The smallest absolute Gasteiger partial charge is 0.254 e. The molecule has 1 atom stereocenters. The quantitative estimate of drug-likeness (QED) is 0.658. The minimum atomic E-state index is -0.782. The zero-order chi connectivity index (χ0) is 16.9. The van der Waals surface area contributed by atoms with Crippen LogP contribution in [0.5, 0.6) is 0 Å². The largest absolute Gasteiger partial charge is 0.466 e. The fourth-order valence-corrected chi connectivity index (χ4v) is 3.71. The SMILES string of the molecule is CSc1ncccc1C(=O)NCc1ccc(C(O)c2ccco2)s1. The van der Waals surface area contributed by atoms with Gasteiger partial charge in [0.15, 0.2) is 0 Å². The second-order valence-electron chi connectivity index (χ2n) is 4.96. The molecule has 0 aromatic carbocycles. The summed E-state index contributed by atoms with van der Waals surface area (Å²) in [7, 11) is 0. The average molecular weight is 360 g/mol. The topological polar surface area (TPSA) is 75.4 Å². The molecule has 3 rings (SSSR count). The first-order chi connectivity index (χ1) is 11.7. The maximum atomic E-state index is 12.3. The molecule has 0 radical (unpaired) electrons. The van der Waals surface area contributed by atoms with E-state index in [1.54, 1.807) is 30.5 Å². The molecule has 0 bridgehead atoms. The van der Waals surface area contributed by atoms with Gasteiger partial charge < -0.3 is 14.8 Å². The van der Waals surface area contributed by atoms with E-state index in [9.17, 15) is 9.90 Å². The zero-order valence-electron chi connectivity index (χ0n) is 12.9. The Morgan fingerprint density at radius 2 is 2.25 bits per heavy atom. The lowest BCUT2D eigenvalue weighted by atomic mass is 10.2. The fraction of sp³-hybridized carbons (Fsp3) is 0.176. The number of nitrogens with one attached hydrogen (secondary N) is 1. The van der Waals surface area contributed by atoms with E-state index in [4.69, 9.17) is 4.42 Å². The number of hydrogen-bond donors (Lipinski definition) is 2. The van der Waals surface area contributed by atoms with Gasteiger partial charge in [-0.1, -0.05) is 0 Å². The van der Waals surface area contributed by atoms with E-state index in [0.717, 1.165) is 9.75 Å². The van der Waals surface area contributed by atoms with Crippen LogP contribution in [-0.4, -0.2) is 22.3 Å². The molecule has 1 unspecified atom stereocenters. The molecular formula is C17H16N2O3S2. The first-order valence-electron chi connectivity index (χ1n) is 7.26. The number of aliphatic hydroxyl groups excluding tert-OH is 1. The van der Waals surface area contributed by atoms with Crippen molar-refractivity contribution in [2.24, 2.45) is 0 Å². The number of aliphatic hydroxyl groups is 1. The second kappa shape index (κ2) is 7.65. The standard InChI is InChI=1S/C17H16N2O3S2/c1-23-17-12(4-2-8-18-17)16(21)19-10-11-6-7-14(24-11)15(20)13-5-3-9-22-13/h2-9,15,20H,10H2,1H3,(H,19,21). The average Bonchev–Trinajstić information content (AvgIpc) is 3.30. The van der Waals surface area contributed by atoms with Gasteiger partial charge in [-0.3, -0.25) is 4.79 Å². The number of pyridine rings is 1. The van der Waals surface area contributed by atoms with Crippen LogP contribution in [0, 0.1) is 0 Å². The van der Waals surface area contributed by atoms with Crippen LogP contribution >= 0.6 is 23.1 Å². The van der Waals surface area contributed by atoms with Gasteiger partial charge in [0.25, 0.3) is 5.91 Å². The Balaban J connectivity index is 1.64. The Kier molecular flexibility index (Phi) is 5.34. The lowest BCUT2D eigenvalue weighted by molar-refractivity contribution is 0.0947. The molecule has 0 spiro atoms. The van der Waals surface area contributed by atoms with Crippen molar-refractivity contribution in [3.8, 4) is 0 Å². The van der Waals surface area contributed by atoms with Crippen LogP contribution in [0.15, 0.2) is 58.3 Å². The summed E-state index contributed by atoms with van der Waals surface area (Å²) < 4.78 is 5.22. The molecule has 1 amide bonds. The third-order valence-electron chi connectivity index (χ3n) is 3.40. The number of hydrogen-bond acceptors (Lipinski definition) is 6. The molecule has 3 heterocycles. The van der Waals surface area contributed by atoms with Crippen molar-refractivity contribution in [2.75, 3.05) is 6.26 Å². The monoisotopic (exact) mass is 360 g/mol. The van der Waals surface area contributed by atoms with Crippen LogP contribution in [0.3, 0.4) is 0 Å². The van der Waals surface area contributed by atoms with Gasteiger partial charge >= 0.3 is 0 Å². The summed E-state index contributed by atoms with van der Waals surface area (Å²) in [6.07, 6.45) is 4.31. The number of amides is 1. The molecule has 0 saturated carbocycles. The Morgan fingerprint density at radius 3 is 3.00 bits per heavy atom. The zero-order valence-corrected chi connectivity index (χ0v) is 14.6. The molecule has 0 aliphatic heterocycles. The minimum Gasteiger partial charge on any atom is -0.466 e. The number of nitrogens with zero attached hydrogens (tertiary/aromatic N) is 1. The molecular weight excluding hydrogens is 344 g/mol. The lowest BCUT2D eigenvalue weighted by Gasteiger charge is -2.07. The Labute approximate surface area is 147 Å². The number of thiophene rings is 1. The van der Waals surface area contributed by atoms with Crippen molar-refractivity contribution < 1.29 is 14.3 Å². The number of carbonyl (C=O) groups excluding carboxylic acids is 1. The van der Waals surface area contributed by atoms with E-state index in [0.29, 0.717) is 22.9 Å². The van der Waals surface area contributed by atoms with E-state index in [1.165, 1.54) is 29.4 Å². The minimum absolute atomic E-state index is 0.158. The lowest BCUT2D eigenvalue weighted by Crippen LogP contribution is -2.23. The first-order valence-corrected chi connectivity index (χ1v) is 9.30. The second-order valence-corrected chi connectivity index (χ2v) is 6.96. The summed E-state index contributed by atoms with van der Waals surface area (Å²) >= 11 is 2.88. The van der Waals surface area contributed by atoms with Gasteiger partial charge in [-0.15, -0.1) is 23.1 Å². The van der Waals surface area contributed by atoms with Crippen LogP contribution in [-0.2, 0) is 6.54 Å². The van der Waals surface area contributed by atoms with E-state index in [1.807, 2.05) is 18.4 Å². The van der Waals surface area contributed by atoms with E-state index < -0.39 is 6.10 Å². The molecule has 2 N–H and O–H groups in total. The number of carbonyl (C=O) groups is 1. The predicted octanol–water partition coefficient (Wildman–Crippen LogP) is 3.47. The van der Waals surface area contributed by atoms with Gasteiger partial charge in [0.2, 0.25) is 0 Å². The van der Waals surface area contributed by atoms with Crippen LogP contribution in [0.25, 0.3) is 0 Å². The molecule has 0 aliphatic rings. The van der Waals surface area contributed by atoms with Crippen LogP contribution in [0.2, 0.25) is 0 Å². The van der Waals surface area contributed by atoms with Crippen molar-refractivity contribution >= 4 is 29.0 Å². The Hall–Kier alpha value is -2.09. The summed E-state index contributed by atoms with van der Waals surface area (Å²) in [6.45, 7) is 0.400. The maximum absolute atomic E-state index is 12.3. The highest BCUT2D eigenvalue weighted by molar-refractivity contribution is 7.98. The summed E-state index contributed by atoms with van der Waals surface area (Å²) in [5.74, 6) is 0.349. The van der Waals surface area contributed by atoms with Gasteiger partial charge in [-0.25, -0.2) is 4.98 Å². The summed E-state index contributed by atoms with van der Waals surface area (Å²) in [6, 6.07) is 10.7. The van der Waals surface area contributed by atoms with Crippen LogP contribution in [0.4, 0.5) is 0 Å². The summed E-state index contributed by atoms with van der Waals surface area (Å²) in [5, 5.41) is 13.8. The number of rotatable bonds is 6. The van der Waals surface area contributed by atoms with E-state index in [2.05, 4.69) is 10.3 Å². The van der Waals surface area contributed by atoms with Gasteiger partial charge in [0, 0.05) is 16.0 Å². The van der Waals surface area contributed by atoms with Crippen LogP contribution in [0.1, 0.15) is 32.0 Å². The molecule has 5 nitrogen and oxygen atoms in total. The molecule has 24 heavy (non-hydrogen) atoms. The van der Waals surface area contributed by atoms with Crippen molar-refractivity contribution in [3.63, 3.8) is 0 Å². The first kappa shape index (κ1) is 16.8. The highest BCUT2D eigenvalue weighted by Gasteiger charge is 2.16. The molecule has 0 fully saturated rings. The highest BCUT2D eigenvalue weighted by Crippen LogP contribution is 2.28. The highest BCUT2D eigenvalue weighted by atomic mass is 32.2. The Morgan fingerprint density at radius 1 is 1.38 bits per heavy atom. The maximum Gasteiger partial charge on any atom is 0.254 e. The molecule has 124 valence electrons. The third kappa shape index (κ3) is 3.69. The van der Waals surface area contributed by atoms with Gasteiger partial charge in [0.1, 0.15) is 16.9 Å². The summed E-state index contributed by atoms with van der Waals surface area (Å²) in [5.41, 5.74) is 0.567. The molecule has 3 aromatic heterocycles. The molecule has 0 saturated heterocycles. The third-order valence-corrected chi connectivity index (χ3v) is 5.25. The Bertz CT molecular complexity index is 815.